The molecule has 0 spiro atoms. The molecule has 0 saturated carbocycles. The Hall–Kier alpha value is -2.78. The zero-order chi connectivity index (χ0) is 21.8. The van der Waals surface area contributed by atoms with E-state index in [1.807, 2.05) is 0 Å². The Labute approximate surface area is 171 Å². The highest BCUT2D eigenvalue weighted by Crippen LogP contribution is 2.36. The zero-order valence-corrected chi connectivity index (χ0v) is 16.5. The predicted octanol–water partition coefficient (Wildman–Crippen LogP) is 2.62. The average molecular weight is 425 g/mol. The lowest BCUT2D eigenvalue weighted by Crippen LogP contribution is -2.50. The first-order valence-electron chi connectivity index (χ1n) is 9.26. The molecule has 3 rings (SSSR count). The predicted molar refractivity (Wildman–Crippen MR) is 101 cm³/mol. The second kappa shape index (κ2) is 9.36. The van der Waals surface area contributed by atoms with Crippen LogP contribution in [0.25, 0.3) is 0 Å². The largest absolute Gasteiger partial charge is 0.493 e. The van der Waals surface area contributed by atoms with Crippen molar-refractivity contribution in [2.45, 2.75) is 18.6 Å². The third-order valence-electron chi connectivity index (χ3n) is 5.04. The summed E-state index contributed by atoms with van der Waals surface area (Å²) in [7, 11) is 2.95. The maximum Gasteiger partial charge on any atom is 0.227 e. The molecule has 1 heterocycles. The van der Waals surface area contributed by atoms with E-state index >= 15 is 0 Å². The number of hydrogen-bond donors (Lipinski definition) is 1. The van der Waals surface area contributed by atoms with E-state index in [0.29, 0.717) is 29.2 Å². The maximum atomic E-state index is 14.0. The highest BCUT2D eigenvalue weighted by atomic mass is 19.1. The van der Waals surface area contributed by atoms with Gasteiger partial charge in [-0.25, -0.2) is 13.2 Å². The summed E-state index contributed by atoms with van der Waals surface area (Å²) in [6.45, 7) is -0.0734. The van der Waals surface area contributed by atoms with Crippen LogP contribution in [0.15, 0.2) is 30.3 Å². The standard InChI is InChI=1S/C21H22F3NO5/c1-28-17-4-3-12(7-18(17)29-2)21-19(11-26)30-6-5-25(21)20(27)10-14-15(23)8-13(22)9-16(14)24/h3-4,7-9,19,21,26H,5-6,10-11H2,1-2H3. The van der Waals surface area contributed by atoms with Crippen LogP contribution >= 0.6 is 0 Å². The number of methoxy groups -OCH3 is 2. The highest BCUT2D eigenvalue weighted by Gasteiger charge is 2.37. The summed E-state index contributed by atoms with van der Waals surface area (Å²) >= 11 is 0. The number of nitrogens with zero attached hydrogens (tertiary/aromatic N) is 1. The number of rotatable bonds is 6. The fourth-order valence-electron chi connectivity index (χ4n) is 3.59. The van der Waals surface area contributed by atoms with Crippen LogP contribution in [0.4, 0.5) is 13.2 Å². The molecule has 1 aliphatic rings. The van der Waals surface area contributed by atoms with Crippen molar-refractivity contribution in [1.82, 2.24) is 4.90 Å². The first-order chi connectivity index (χ1) is 14.4. The lowest BCUT2D eigenvalue weighted by molar-refractivity contribution is -0.149. The third kappa shape index (κ3) is 4.36. The Morgan fingerprint density at radius 2 is 1.80 bits per heavy atom. The molecule has 9 heteroatoms. The lowest BCUT2D eigenvalue weighted by atomic mass is 9.96. The molecule has 162 valence electrons. The van der Waals surface area contributed by atoms with Gasteiger partial charge in [-0.15, -0.1) is 0 Å². The molecule has 1 fully saturated rings. The molecular weight excluding hydrogens is 403 g/mol. The normalized spacial score (nSPS) is 18.9. The number of amides is 1. The fraction of sp³-hybridized carbons (Fsp3) is 0.381. The smallest absolute Gasteiger partial charge is 0.227 e. The van der Waals surface area contributed by atoms with Crippen LogP contribution < -0.4 is 9.47 Å². The van der Waals surface area contributed by atoms with E-state index in [0.717, 1.165) is 0 Å². The van der Waals surface area contributed by atoms with Crippen molar-refractivity contribution >= 4 is 5.91 Å². The summed E-state index contributed by atoms with van der Waals surface area (Å²) in [5.74, 6) is -3.00. The van der Waals surface area contributed by atoms with Crippen molar-refractivity contribution in [3.05, 3.63) is 58.9 Å². The van der Waals surface area contributed by atoms with Gasteiger partial charge < -0.3 is 24.2 Å². The molecule has 2 aromatic carbocycles. The summed E-state index contributed by atoms with van der Waals surface area (Å²) in [6, 6.07) is 5.35. The second-order valence-electron chi connectivity index (χ2n) is 6.76. The molecule has 0 bridgehead atoms. The number of carbonyl (C=O) groups is 1. The van der Waals surface area contributed by atoms with Crippen molar-refractivity contribution in [2.75, 3.05) is 34.0 Å². The number of aliphatic hydroxyl groups is 1. The summed E-state index contributed by atoms with van der Waals surface area (Å²) in [5.41, 5.74) is 0.0827. The first kappa shape index (κ1) is 21.9. The third-order valence-corrected chi connectivity index (χ3v) is 5.04. The Morgan fingerprint density at radius 1 is 1.13 bits per heavy atom. The van der Waals surface area contributed by atoms with Gasteiger partial charge in [-0.05, 0) is 17.7 Å². The van der Waals surface area contributed by atoms with Crippen LogP contribution in [-0.2, 0) is 16.0 Å². The number of aliphatic hydroxyl groups excluding tert-OH is 1. The molecule has 1 N–H and O–H groups in total. The Balaban J connectivity index is 1.95. The zero-order valence-electron chi connectivity index (χ0n) is 16.5. The van der Waals surface area contributed by atoms with Crippen molar-refractivity contribution in [2.24, 2.45) is 0 Å². The van der Waals surface area contributed by atoms with Crippen molar-refractivity contribution in [1.29, 1.82) is 0 Å². The van der Waals surface area contributed by atoms with Crippen LogP contribution in [-0.4, -0.2) is 56.0 Å². The molecule has 1 amide bonds. The minimum atomic E-state index is -1.13. The molecular formula is C21H22F3NO5. The number of carbonyl (C=O) groups excluding carboxylic acids is 1. The number of hydrogen-bond acceptors (Lipinski definition) is 5. The minimum absolute atomic E-state index is 0.148. The number of benzene rings is 2. The van der Waals surface area contributed by atoms with Gasteiger partial charge in [0.2, 0.25) is 5.91 Å². The van der Waals surface area contributed by atoms with Crippen LogP contribution in [0.5, 0.6) is 11.5 Å². The molecule has 2 atom stereocenters. The average Bonchev–Trinajstić information content (AvgIpc) is 2.74. The molecule has 2 unspecified atom stereocenters. The van der Waals surface area contributed by atoms with Gasteiger partial charge in [-0.3, -0.25) is 4.79 Å². The van der Waals surface area contributed by atoms with E-state index < -0.39 is 47.5 Å². The van der Waals surface area contributed by atoms with Gasteiger partial charge in [0.1, 0.15) is 23.6 Å². The Kier molecular flexibility index (Phi) is 6.84. The quantitative estimate of drug-likeness (QED) is 0.771. The first-order valence-corrected chi connectivity index (χ1v) is 9.26. The summed E-state index contributed by atoms with van der Waals surface area (Å²) < 4.78 is 57.4. The molecule has 30 heavy (non-hydrogen) atoms. The molecule has 1 saturated heterocycles. The van der Waals surface area contributed by atoms with E-state index in [2.05, 4.69) is 0 Å². The number of morpholine rings is 1. The topological polar surface area (TPSA) is 68.2 Å². The van der Waals surface area contributed by atoms with Crippen molar-refractivity contribution < 1.29 is 37.3 Å². The fourth-order valence-corrected chi connectivity index (χ4v) is 3.59. The molecule has 6 nitrogen and oxygen atoms in total. The van der Waals surface area contributed by atoms with Gasteiger partial charge in [-0.1, -0.05) is 6.07 Å². The highest BCUT2D eigenvalue weighted by molar-refractivity contribution is 5.79. The maximum absolute atomic E-state index is 14.0. The summed E-state index contributed by atoms with van der Waals surface area (Å²) in [6.07, 6.45) is -1.34. The van der Waals surface area contributed by atoms with Crippen molar-refractivity contribution in [3.63, 3.8) is 0 Å². The van der Waals surface area contributed by atoms with E-state index in [-0.39, 0.29) is 19.8 Å². The Morgan fingerprint density at radius 3 is 2.40 bits per heavy atom. The van der Waals surface area contributed by atoms with E-state index in [1.165, 1.54) is 19.1 Å². The SMILES string of the molecule is COc1ccc(C2C(CO)OCCN2C(=O)Cc2c(F)cc(F)cc2F)cc1OC. The lowest BCUT2D eigenvalue weighted by Gasteiger charge is -2.41. The summed E-state index contributed by atoms with van der Waals surface area (Å²) in [4.78, 5) is 14.4. The molecule has 2 aromatic rings. The number of ether oxygens (including phenoxy) is 3. The van der Waals surface area contributed by atoms with Crippen LogP contribution in [0, 0.1) is 17.5 Å². The van der Waals surface area contributed by atoms with Gasteiger partial charge in [0, 0.05) is 24.2 Å². The van der Waals surface area contributed by atoms with Crippen molar-refractivity contribution in [3.8, 4) is 11.5 Å². The van der Waals surface area contributed by atoms with Gasteiger partial charge in [0.15, 0.2) is 11.5 Å². The van der Waals surface area contributed by atoms with E-state index in [4.69, 9.17) is 14.2 Å². The molecule has 0 radical (unpaired) electrons. The molecule has 0 aromatic heterocycles. The molecule has 0 aliphatic carbocycles. The van der Waals surface area contributed by atoms with E-state index in [1.54, 1.807) is 18.2 Å². The van der Waals surface area contributed by atoms with Crippen LogP contribution in [0.3, 0.4) is 0 Å². The van der Waals surface area contributed by atoms with Crippen LogP contribution in [0.2, 0.25) is 0 Å². The van der Waals surface area contributed by atoms with E-state index in [9.17, 15) is 23.1 Å². The number of halogens is 3. The summed E-state index contributed by atoms with van der Waals surface area (Å²) in [5, 5.41) is 9.78. The molecule has 1 aliphatic heterocycles. The van der Waals surface area contributed by atoms with Gasteiger partial charge >= 0.3 is 0 Å². The monoisotopic (exact) mass is 425 g/mol. The van der Waals surface area contributed by atoms with Gasteiger partial charge in [0.05, 0.1) is 39.9 Å². The minimum Gasteiger partial charge on any atom is -0.493 e. The van der Waals surface area contributed by atoms with Gasteiger partial charge in [0.25, 0.3) is 0 Å². The Bertz CT molecular complexity index is 901. The second-order valence-corrected chi connectivity index (χ2v) is 6.76. The van der Waals surface area contributed by atoms with Gasteiger partial charge in [-0.2, -0.15) is 0 Å². The van der Waals surface area contributed by atoms with Crippen LogP contribution in [0.1, 0.15) is 17.2 Å².